The predicted molar refractivity (Wildman–Crippen MR) is 98.0 cm³/mol. The van der Waals surface area contributed by atoms with Gasteiger partial charge in [-0.15, -0.1) is 0 Å². The summed E-state index contributed by atoms with van der Waals surface area (Å²) in [5.74, 6) is -0.268. The number of benzene rings is 2. The van der Waals surface area contributed by atoms with E-state index in [1.54, 1.807) is 22.5 Å². The molecule has 0 bridgehead atoms. The number of hydrogen-bond acceptors (Lipinski definition) is 3. The summed E-state index contributed by atoms with van der Waals surface area (Å²) in [6.45, 7) is 7.84. The van der Waals surface area contributed by atoms with Crippen molar-refractivity contribution in [2.45, 2.75) is 25.7 Å². The molecule has 2 aromatic carbocycles. The van der Waals surface area contributed by atoms with Crippen molar-refractivity contribution in [2.75, 3.05) is 31.1 Å². The Balaban J connectivity index is 1.78. The number of hydrogen-bond donors (Lipinski definition) is 0. The Morgan fingerprint density at radius 2 is 1.44 bits per heavy atom. The summed E-state index contributed by atoms with van der Waals surface area (Å²) in [6, 6.07) is 9.89. The Kier molecular flexibility index (Phi) is 4.84. The van der Waals surface area contributed by atoms with Crippen LogP contribution in [0.3, 0.4) is 0 Å². The first-order chi connectivity index (χ1) is 11.8. The normalized spacial score (nSPS) is 16.2. The van der Waals surface area contributed by atoms with Gasteiger partial charge in [-0.3, -0.25) is 0 Å². The maximum absolute atomic E-state index is 13.1. The van der Waals surface area contributed by atoms with E-state index in [1.807, 2.05) is 26.8 Å². The molecule has 0 saturated carbocycles. The SMILES string of the molecule is Cc1ccc(S(=O)(=O)N2CCN(c3ccc(F)cc3)CC2)c(C)c1C. The maximum atomic E-state index is 13.1. The van der Waals surface area contributed by atoms with Crippen molar-refractivity contribution in [2.24, 2.45) is 0 Å². The lowest BCUT2D eigenvalue weighted by Gasteiger charge is -2.35. The minimum atomic E-state index is -3.50. The number of nitrogens with zero attached hydrogens (tertiary/aromatic N) is 2. The molecule has 1 heterocycles. The number of halogens is 1. The highest BCUT2D eigenvalue weighted by molar-refractivity contribution is 7.89. The van der Waals surface area contributed by atoms with E-state index in [1.165, 1.54) is 12.1 Å². The Labute approximate surface area is 148 Å². The summed E-state index contributed by atoms with van der Waals surface area (Å²) < 4.78 is 40.6. The van der Waals surface area contributed by atoms with Crippen LogP contribution in [0.5, 0.6) is 0 Å². The van der Waals surface area contributed by atoms with Crippen molar-refractivity contribution in [3.05, 3.63) is 58.9 Å². The fourth-order valence-electron chi connectivity index (χ4n) is 3.19. The Morgan fingerprint density at radius 3 is 2.04 bits per heavy atom. The zero-order valence-corrected chi connectivity index (χ0v) is 15.6. The summed E-state index contributed by atoms with van der Waals surface area (Å²) in [7, 11) is -3.50. The van der Waals surface area contributed by atoms with Crippen molar-refractivity contribution in [3.63, 3.8) is 0 Å². The lowest BCUT2D eigenvalue weighted by molar-refractivity contribution is 0.384. The highest BCUT2D eigenvalue weighted by Gasteiger charge is 2.30. The Hall–Kier alpha value is -1.92. The number of piperazine rings is 1. The van der Waals surface area contributed by atoms with E-state index in [9.17, 15) is 12.8 Å². The molecule has 2 aromatic rings. The third kappa shape index (κ3) is 3.41. The monoisotopic (exact) mass is 362 g/mol. The van der Waals surface area contributed by atoms with Crippen molar-refractivity contribution in [1.82, 2.24) is 4.31 Å². The largest absolute Gasteiger partial charge is 0.369 e. The van der Waals surface area contributed by atoms with E-state index in [-0.39, 0.29) is 5.82 Å². The van der Waals surface area contributed by atoms with Gasteiger partial charge in [-0.05, 0) is 67.8 Å². The van der Waals surface area contributed by atoms with Crippen LogP contribution in [0.25, 0.3) is 0 Å². The van der Waals surface area contributed by atoms with E-state index in [0.717, 1.165) is 22.4 Å². The molecule has 25 heavy (non-hydrogen) atoms. The highest BCUT2D eigenvalue weighted by Crippen LogP contribution is 2.26. The van der Waals surface area contributed by atoms with Crippen LogP contribution in [0.1, 0.15) is 16.7 Å². The minimum Gasteiger partial charge on any atom is -0.369 e. The molecular formula is C19H23FN2O2S. The molecule has 0 atom stereocenters. The smallest absolute Gasteiger partial charge is 0.243 e. The van der Waals surface area contributed by atoms with Gasteiger partial charge in [0.15, 0.2) is 0 Å². The van der Waals surface area contributed by atoms with Gasteiger partial charge in [0, 0.05) is 31.9 Å². The standard InChI is InChI=1S/C19H23FN2O2S/c1-14-4-9-19(16(3)15(14)2)25(23,24)22-12-10-21(11-13-22)18-7-5-17(20)6-8-18/h4-9H,10-13H2,1-3H3. The quantitative estimate of drug-likeness (QED) is 0.841. The molecule has 1 aliphatic heterocycles. The van der Waals surface area contributed by atoms with Crippen LogP contribution in [0.4, 0.5) is 10.1 Å². The summed E-state index contributed by atoms with van der Waals surface area (Å²) in [6.07, 6.45) is 0. The molecule has 6 heteroatoms. The molecule has 1 fully saturated rings. The second kappa shape index (κ2) is 6.77. The average Bonchev–Trinajstić information content (AvgIpc) is 2.60. The molecule has 0 unspecified atom stereocenters. The van der Waals surface area contributed by atoms with Crippen molar-refractivity contribution < 1.29 is 12.8 Å². The third-order valence-electron chi connectivity index (χ3n) is 5.06. The lowest BCUT2D eigenvalue weighted by atomic mass is 10.1. The zero-order valence-electron chi connectivity index (χ0n) is 14.8. The average molecular weight is 362 g/mol. The number of sulfonamides is 1. The van der Waals surface area contributed by atoms with Gasteiger partial charge in [0.1, 0.15) is 5.82 Å². The van der Waals surface area contributed by atoms with Gasteiger partial charge in [-0.2, -0.15) is 4.31 Å². The lowest BCUT2D eigenvalue weighted by Crippen LogP contribution is -2.48. The minimum absolute atomic E-state index is 0.268. The van der Waals surface area contributed by atoms with Gasteiger partial charge in [-0.25, -0.2) is 12.8 Å². The molecule has 4 nitrogen and oxygen atoms in total. The fourth-order valence-corrected chi connectivity index (χ4v) is 4.89. The van der Waals surface area contributed by atoms with E-state index >= 15 is 0 Å². The van der Waals surface area contributed by atoms with Gasteiger partial charge in [-0.1, -0.05) is 6.07 Å². The van der Waals surface area contributed by atoms with Crippen LogP contribution in [0, 0.1) is 26.6 Å². The maximum Gasteiger partial charge on any atom is 0.243 e. The first-order valence-electron chi connectivity index (χ1n) is 8.38. The first-order valence-corrected chi connectivity index (χ1v) is 9.82. The van der Waals surface area contributed by atoms with Crippen LogP contribution in [-0.2, 0) is 10.0 Å². The van der Waals surface area contributed by atoms with Gasteiger partial charge in [0.05, 0.1) is 4.90 Å². The zero-order chi connectivity index (χ0) is 18.2. The molecular weight excluding hydrogens is 339 g/mol. The Bertz CT molecular complexity index is 871. The first kappa shape index (κ1) is 17.9. The topological polar surface area (TPSA) is 40.6 Å². The fraction of sp³-hybridized carbons (Fsp3) is 0.368. The molecule has 0 radical (unpaired) electrons. The molecule has 0 N–H and O–H groups in total. The second-order valence-electron chi connectivity index (χ2n) is 6.50. The molecule has 1 aliphatic rings. The summed E-state index contributed by atoms with van der Waals surface area (Å²) >= 11 is 0. The molecule has 134 valence electrons. The molecule has 0 aliphatic carbocycles. The van der Waals surface area contributed by atoms with Gasteiger partial charge < -0.3 is 4.90 Å². The molecule has 0 spiro atoms. The van der Waals surface area contributed by atoms with Crippen LogP contribution in [0.2, 0.25) is 0 Å². The van der Waals surface area contributed by atoms with E-state index in [2.05, 4.69) is 4.90 Å². The number of anilines is 1. The van der Waals surface area contributed by atoms with Crippen LogP contribution < -0.4 is 4.90 Å². The number of aryl methyl sites for hydroxylation is 1. The van der Waals surface area contributed by atoms with E-state index in [4.69, 9.17) is 0 Å². The third-order valence-corrected chi connectivity index (χ3v) is 7.10. The van der Waals surface area contributed by atoms with E-state index in [0.29, 0.717) is 31.1 Å². The van der Waals surface area contributed by atoms with Crippen molar-refractivity contribution in [1.29, 1.82) is 0 Å². The number of rotatable bonds is 3. The van der Waals surface area contributed by atoms with Gasteiger partial charge >= 0.3 is 0 Å². The molecule has 3 rings (SSSR count). The van der Waals surface area contributed by atoms with E-state index < -0.39 is 10.0 Å². The molecule has 1 saturated heterocycles. The van der Waals surface area contributed by atoms with Gasteiger partial charge in [0.25, 0.3) is 0 Å². The van der Waals surface area contributed by atoms with Crippen molar-refractivity contribution >= 4 is 15.7 Å². The second-order valence-corrected chi connectivity index (χ2v) is 8.40. The van der Waals surface area contributed by atoms with Crippen molar-refractivity contribution in [3.8, 4) is 0 Å². The molecule has 0 aromatic heterocycles. The predicted octanol–water partition coefficient (Wildman–Crippen LogP) is 3.26. The summed E-state index contributed by atoms with van der Waals surface area (Å²) in [5, 5.41) is 0. The highest BCUT2D eigenvalue weighted by atomic mass is 32.2. The summed E-state index contributed by atoms with van der Waals surface area (Å²) in [5.41, 5.74) is 3.85. The van der Waals surface area contributed by atoms with Crippen LogP contribution in [0.15, 0.2) is 41.3 Å². The summed E-state index contributed by atoms with van der Waals surface area (Å²) in [4.78, 5) is 2.48. The van der Waals surface area contributed by atoms with Crippen LogP contribution >= 0.6 is 0 Å². The van der Waals surface area contributed by atoms with Gasteiger partial charge in [0.2, 0.25) is 10.0 Å². The van der Waals surface area contributed by atoms with Crippen LogP contribution in [-0.4, -0.2) is 38.9 Å². The molecule has 0 amide bonds. The Morgan fingerprint density at radius 1 is 0.840 bits per heavy atom.